The van der Waals surface area contributed by atoms with E-state index in [9.17, 15) is 28.7 Å². The van der Waals surface area contributed by atoms with Crippen LogP contribution in [0.1, 0.15) is 47.3 Å². The molecule has 13 heteroatoms. The van der Waals surface area contributed by atoms with E-state index in [1.807, 2.05) is 6.07 Å². The van der Waals surface area contributed by atoms with Gasteiger partial charge in [0, 0.05) is 16.9 Å². The zero-order valence-electron chi connectivity index (χ0n) is 23.4. The maximum Gasteiger partial charge on any atom is 0.329 e. The zero-order chi connectivity index (χ0) is 29.9. The summed E-state index contributed by atoms with van der Waals surface area (Å²) in [6.07, 6.45) is 6.74. The van der Waals surface area contributed by atoms with E-state index >= 15 is 0 Å². The Morgan fingerprint density at radius 1 is 1.09 bits per heavy atom. The molecule has 4 aliphatic rings. The zero-order valence-corrected chi connectivity index (χ0v) is 25.1. The van der Waals surface area contributed by atoms with E-state index in [0.717, 1.165) is 29.3 Å². The summed E-state index contributed by atoms with van der Waals surface area (Å²) in [5.41, 5.74) is 0.494. The van der Waals surface area contributed by atoms with Gasteiger partial charge < -0.3 is 29.6 Å². The van der Waals surface area contributed by atoms with E-state index in [1.165, 1.54) is 11.3 Å². The van der Waals surface area contributed by atoms with Crippen molar-refractivity contribution in [2.75, 3.05) is 13.1 Å². The molecule has 3 aliphatic heterocycles. The molecule has 3 aromatic rings. The Morgan fingerprint density at radius 3 is 2.67 bits per heavy atom. The molecule has 226 valence electrons. The molecular formula is C30H33N4O7PS. The van der Waals surface area contributed by atoms with E-state index < -0.39 is 19.7 Å². The van der Waals surface area contributed by atoms with Crippen LogP contribution in [0.4, 0.5) is 0 Å². The molecule has 0 bridgehead atoms. The standard InChI is InChI=1S/C30H33N4O7PS/c35-28(27-12-20-8-17(16-42(38,39)40)3-6-26(20)43-27)32-24-11-19-9-18(19)10-21-4-5-25(34(21)29(24)36)30(37)33-14-23(15-33)41-22-2-1-7-31-13-22/h1-3,6-8,12-13,18-19,21,23-25H,4-5,9-11,14-16H2,(H,32,35)(H2,38,39,40)/t18-,19+,21-,24+,25+/m1/s1. The Morgan fingerprint density at radius 2 is 1.91 bits per heavy atom. The van der Waals surface area contributed by atoms with Gasteiger partial charge in [0.1, 0.15) is 23.9 Å². The first-order valence-electron chi connectivity index (χ1n) is 14.7. The van der Waals surface area contributed by atoms with Crippen molar-refractivity contribution in [1.29, 1.82) is 0 Å². The van der Waals surface area contributed by atoms with Gasteiger partial charge >= 0.3 is 7.60 Å². The van der Waals surface area contributed by atoms with Gasteiger partial charge in [-0.15, -0.1) is 11.3 Å². The number of carbonyl (C=O) groups is 3. The van der Waals surface area contributed by atoms with Crippen LogP contribution in [0.25, 0.3) is 10.1 Å². The van der Waals surface area contributed by atoms with Crippen molar-refractivity contribution in [1.82, 2.24) is 20.1 Å². The lowest BCUT2D eigenvalue weighted by Gasteiger charge is -2.42. The van der Waals surface area contributed by atoms with Gasteiger partial charge in [-0.25, -0.2) is 0 Å². The van der Waals surface area contributed by atoms with Gasteiger partial charge in [-0.2, -0.15) is 0 Å². The van der Waals surface area contributed by atoms with Crippen LogP contribution >= 0.6 is 18.9 Å². The number of nitrogens with one attached hydrogen (secondary N) is 1. The molecule has 0 unspecified atom stereocenters. The second kappa shape index (κ2) is 11.0. The summed E-state index contributed by atoms with van der Waals surface area (Å²) in [6.45, 7) is 0.924. The van der Waals surface area contributed by atoms with Crippen LogP contribution < -0.4 is 10.1 Å². The minimum absolute atomic E-state index is 0.00311. The van der Waals surface area contributed by atoms with E-state index in [1.54, 1.807) is 52.5 Å². The second-order valence-corrected chi connectivity index (χ2v) is 15.0. The number of hydrogen-bond acceptors (Lipinski definition) is 7. The van der Waals surface area contributed by atoms with E-state index in [4.69, 9.17) is 4.74 Å². The summed E-state index contributed by atoms with van der Waals surface area (Å²) in [6, 6.07) is 9.17. The lowest BCUT2D eigenvalue weighted by atomic mass is 9.98. The molecular weight excluding hydrogens is 591 g/mol. The SMILES string of the molecule is O=C(N[C@H]1C[C@@H]2C[C@@H]2C[C@H]2CC[C@@H](C(=O)N3CC(Oc4cccnc4)C3)N2C1=O)c1cc2cc(CP(=O)(O)O)ccc2s1. The van der Waals surface area contributed by atoms with Crippen LogP contribution in [0.3, 0.4) is 0 Å². The number of likely N-dealkylation sites (tertiary alicyclic amines) is 1. The average molecular weight is 625 g/mol. The lowest BCUT2D eigenvalue weighted by molar-refractivity contribution is -0.152. The molecule has 5 heterocycles. The number of rotatable bonds is 7. The normalized spacial score (nSPS) is 27.1. The number of benzene rings is 1. The van der Waals surface area contributed by atoms with Gasteiger partial charge in [0.25, 0.3) is 5.91 Å². The molecule has 1 saturated carbocycles. The van der Waals surface area contributed by atoms with Gasteiger partial charge in [-0.3, -0.25) is 23.9 Å². The van der Waals surface area contributed by atoms with Crippen molar-refractivity contribution >= 4 is 46.7 Å². The quantitative estimate of drug-likeness (QED) is 0.340. The van der Waals surface area contributed by atoms with Gasteiger partial charge in [0.2, 0.25) is 11.8 Å². The van der Waals surface area contributed by atoms with Crippen molar-refractivity contribution in [3.63, 3.8) is 0 Å². The Kier molecular flexibility index (Phi) is 7.28. The summed E-state index contributed by atoms with van der Waals surface area (Å²) in [5.74, 6) is 0.961. The molecule has 3 N–H and O–H groups in total. The number of thiophene rings is 1. The minimum atomic E-state index is -4.22. The first kappa shape index (κ1) is 28.5. The van der Waals surface area contributed by atoms with Crippen molar-refractivity contribution in [2.24, 2.45) is 11.8 Å². The first-order valence-corrected chi connectivity index (χ1v) is 17.3. The van der Waals surface area contributed by atoms with Crippen LogP contribution in [0.5, 0.6) is 5.75 Å². The van der Waals surface area contributed by atoms with Crippen LogP contribution in [-0.4, -0.2) is 79.6 Å². The maximum atomic E-state index is 14.0. The highest BCUT2D eigenvalue weighted by Crippen LogP contribution is 2.49. The molecule has 0 radical (unpaired) electrons. The Balaban J connectivity index is 1.04. The van der Waals surface area contributed by atoms with Gasteiger partial charge in [-0.05, 0) is 85.2 Å². The van der Waals surface area contributed by atoms with Crippen LogP contribution in [0.15, 0.2) is 48.8 Å². The summed E-state index contributed by atoms with van der Waals surface area (Å²) in [7, 11) is -4.22. The second-order valence-electron chi connectivity index (χ2n) is 12.2. The van der Waals surface area contributed by atoms with Gasteiger partial charge in [0.05, 0.1) is 30.3 Å². The maximum absolute atomic E-state index is 14.0. The minimum Gasteiger partial charge on any atom is -0.485 e. The Hall–Kier alpha value is -3.31. The van der Waals surface area contributed by atoms with E-state index in [0.29, 0.717) is 54.0 Å². The Labute approximate surface area is 252 Å². The summed E-state index contributed by atoms with van der Waals surface area (Å²) in [5, 5.41) is 3.71. The third kappa shape index (κ3) is 5.93. The highest BCUT2D eigenvalue weighted by Gasteiger charge is 2.52. The molecule has 11 nitrogen and oxygen atoms in total. The van der Waals surface area contributed by atoms with Crippen LogP contribution in [-0.2, 0) is 20.3 Å². The topological polar surface area (TPSA) is 149 Å². The number of fused-ring (bicyclic) bond motifs is 3. The fourth-order valence-corrected chi connectivity index (χ4v) is 8.53. The number of pyridine rings is 1. The van der Waals surface area contributed by atoms with E-state index in [-0.39, 0.29) is 36.0 Å². The summed E-state index contributed by atoms with van der Waals surface area (Å²) >= 11 is 1.27. The third-order valence-electron chi connectivity index (χ3n) is 9.12. The highest BCUT2D eigenvalue weighted by molar-refractivity contribution is 7.50. The Bertz CT molecular complexity index is 1620. The molecule has 7 rings (SSSR count). The predicted octanol–water partition coefficient (Wildman–Crippen LogP) is 3.15. The molecule has 2 aromatic heterocycles. The molecule has 4 fully saturated rings. The predicted molar refractivity (Wildman–Crippen MR) is 159 cm³/mol. The summed E-state index contributed by atoms with van der Waals surface area (Å²) in [4.78, 5) is 67.8. The van der Waals surface area contributed by atoms with Gasteiger partial charge in [-0.1, -0.05) is 6.07 Å². The fraction of sp³-hybridized carbons (Fsp3) is 0.467. The van der Waals surface area contributed by atoms with E-state index in [2.05, 4.69) is 10.3 Å². The third-order valence-corrected chi connectivity index (χ3v) is 11.0. The molecule has 1 aromatic carbocycles. The monoisotopic (exact) mass is 624 g/mol. The molecule has 5 atom stereocenters. The number of carbonyl (C=O) groups excluding carboxylic acids is 3. The molecule has 3 saturated heterocycles. The van der Waals surface area contributed by atoms with Crippen molar-refractivity contribution in [3.05, 3.63) is 59.2 Å². The highest BCUT2D eigenvalue weighted by atomic mass is 32.1. The molecule has 1 aliphatic carbocycles. The van der Waals surface area contributed by atoms with Crippen molar-refractivity contribution in [2.45, 2.75) is 62.5 Å². The first-order chi connectivity index (χ1) is 20.6. The molecule has 43 heavy (non-hydrogen) atoms. The summed E-state index contributed by atoms with van der Waals surface area (Å²) < 4.78 is 18.2. The number of nitrogens with zero attached hydrogens (tertiary/aromatic N) is 3. The van der Waals surface area contributed by atoms with Crippen molar-refractivity contribution < 1.29 is 33.5 Å². The van der Waals surface area contributed by atoms with Crippen LogP contribution in [0, 0.1) is 11.8 Å². The average Bonchev–Trinajstić information content (AvgIpc) is 3.31. The number of amides is 3. The van der Waals surface area contributed by atoms with Crippen LogP contribution in [0.2, 0.25) is 0 Å². The molecule has 0 spiro atoms. The number of aromatic nitrogens is 1. The lowest BCUT2D eigenvalue weighted by Crippen LogP contribution is -2.62. The largest absolute Gasteiger partial charge is 0.485 e. The number of ether oxygens (including phenoxy) is 1. The molecule has 3 amide bonds. The smallest absolute Gasteiger partial charge is 0.329 e. The number of hydrogen-bond donors (Lipinski definition) is 3. The fourth-order valence-electron chi connectivity index (χ4n) is 6.91. The van der Waals surface area contributed by atoms with Gasteiger partial charge in [0.15, 0.2) is 0 Å². The van der Waals surface area contributed by atoms with Crippen molar-refractivity contribution in [3.8, 4) is 5.75 Å².